The number of carbonyl (C=O) groups is 2. The van der Waals surface area contributed by atoms with Crippen molar-refractivity contribution >= 4 is 17.6 Å². The molecule has 1 atom stereocenters. The van der Waals surface area contributed by atoms with Crippen molar-refractivity contribution in [1.82, 2.24) is 5.32 Å². The van der Waals surface area contributed by atoms with Crippen LogP contribution in [-0.4, -0.2) is 35.3 Å². The van der Waals surface area contributed by atoms with E-state index in [0.29, 0.717) is 13.0 Å². The lowest BCUT2D eigenvalue weighted by Crippen LogP contribution is -2.38. The third-order valence-electron chi connectivity index (χ3n) is 1.75. The Morgan fingerprint density at radius 1 is 1.62 bits per heavy atom. The van der Waals surface area contributed by atoms with Crippen LogP contribution < -0.4 is 11.1 Å². The zero-order chi connectivity index (χ0) is 12.6. The Labute approximate surface area is 93.9 Å². The van der Waals surface area contributed by atoms with E-state index in [0.717, 1.165) is 0 Å². The maximum atomic E-state index is 11.0. The number of terminal acetylenes is 1. The van der Waals surface area contributed by atoms with Gasteiger partial charge in [-0.2, -0.15) is 4.99 Å². The van der Waals surface area contributed by atoms with Crippen LogP contribution >= 0.6 is 0 Å². The molecule has 0 saturated carbocycles. The van der Waals surface area contributed by atoms with Crippen molar-refractivity contribution in [1.29, 1.82) is 0 Å². The fourth-order valence-corrected chi connectivity index (χ4v) is 0.917. The van der Waals surface area contributed by atoms with E-state index >= 15 is 0 Å². The minimum atomic E-state index is -1.14. The molecule has 88 valence electrons. The number of hydrogen-bond donors (Lipinski definition) is 3. The second kappa shape index (κ2) is 7.43. The first-order valence-corrected chi connectivity index (χ1v) is 4.77. The van der Waals surface area contributed by atoms with Gasteiger partial charge in [-0.25, -0.2) is 4.79 Å². The van der Waals surface area contributed by atoms with Gasteiger partial charge < -0.3 is 16.2 Å². The Kier molecular flexibility index (Phi) is 6.56. The van der Waals surface area contributed by atoms with Crippen molar-refractivity contribution in [2.75, 3.05) is 6.54 Å². The highest BCUT2D eigenvalue weighted by molar-refractivity contribution is 6.35. The Hall–Kier alpha value is -1.87. The van der Waals surface area contributed by atoms with Crippen molar-refractivity contribution in [2.24, 2.45) is 10.7 Å². The summed E-state index contributed by atoms with van der Waals surface area (Å²) < 4.78 is 0. The van der Waals surface area contributed by atoms with Gasteiger partial charge in [-0.1, -0.05) is 6.42 Å². The molecule has 6 heteroatoms. The van der Waals surface area contributed by atoms with E-state index in [1.165, 1.54) is 0 Å². The first kappa shape index (κ1) is 14.1. The number of aliphatic carboxylic acids is 1. The molecule has 0 fully saturated rings. The summed E-state index contributed by atoms with van der Waals surface area (Å²) >= 11 is 0. The van der Waals surface area contributed by atoms with E-state index in [2.05, 4.69) is 10.3 Å². The number of amides is 1. The van der Waals surface area contributed by atoms with Crippen LogP contribution in [0.5, 0.6) is 0 Å². The van der Waals surface area contributed by atoms with Crippen LogP contribution in [0.1, 0.15) is 19.8 Å². The number of nitrogens with one attached hydrogen (secondary N) is 1. The SMILES string of the molecule is C#CN=C(CCCNC(=O)C(C)N)C(=O)O. The van der Waals surface area contributed by atoms with E-state index < -0.39 is 12.0 Å². The molecule has 0 aliphatic heterocycles. The Morgan fingerprint density at radius 2 is 2.25 bits per heavy atom. The van der Waals surface area contributed by atoms with Crippen molar-refractivity contribution in [3.63, 3.8) is 0 Å². The van der Waals surface area contributed by atoms with E-state index in [1.807, 2.05) is 6.04 Å². The van der Waals surface area contributed by atoms with Crippen LogP contribution in [0.3, 0.4) is 0 Å². The van der Waals surface area contributed by atoms with Crippen LogP contribution in [0.25, 0.3) is 0 Å². The summed E-state index contributed by atoms with van der Waals surface area (Å²) in [5, 5.41) is 11.2. The second-order valence-corrected chi connectivity index (χ2v) is 3.18. The first-order valence-electron chi connectivity index (χ1n) is 4.77. The Balaban J connectivity index is 3.90. The number of carboxylic acid groups (broad SMARTS) is 1. The van der Waals surface area contributed by atoms with Crippen molar-refractivity contribution < 1.29 is 14.7 Å². The fourth-order valence-electron chi connectivity index (χ4n) is 0.917. The molecular formula is C10H15N3O3. The van der Waals surface area contributed by atoms with Crippen LogP contribution in [-0.2, 0) is 9.59 Å². The summed E-state index contributed by atoms with van der Waals surface area (Å²) in [5.41, 5.74) is 5.23. The first-order chi connectivity index (χ1) is 7.49. The molecule has 0 rings (SSSR count). The number of nitrogens with zero attached hydrogens (tertiary/aromatic N) is 1. The average Bonchev–Trinajstić information content (AvgIpc) is 2.21. The van der Waals surface area contributed by atoms with Crippen molar-refractivity contribution in [3.05, 3.63) is 0 Å². The quantitative estimate of drug-likeness (QED) is 0.317. The molecule has 1 unspecified atom stereocenters. The predicted molar refractivity (Wildman–Crippen MR) is 59.8 cm³/mol. The second-order valence-electron chi connectivity index (χ2n) is 3.18. The highest BCUT2D eigenvalue weighted by Gasteiger charge is 2.09. The minimum absolute atomic E-state index is 0.0856. The molecule has 16 heavy (non-hydrogen) atoms. The highest BCUT2D eigenvalue weighted by atomic mass is 16.4. The minimum Gasteiger partial charge on any atom is -0.477 e. The molecule has 0 radical (unpaired) electrons. The third-order valence-corrected chi connectivity index (χ3v) is 1.75. The molecule has 0 aliphatic carbocycles. The van der Waals surface area contributed by atoms with Gasteiger partial charge in [0.05, 0.1) is 6.04 Å². The molecule has 1 amide bonds. The van der Waals surface area contributed by atoms with Crippen molar-refractivity contribution in [3.8, 4) is 12.5 Å². The van der Waals surface area contributed by atoms with Gasteiger partial charge in [0.25, 0.3) is 0 Å². The van der Waals surface area contributed by atoms with Gasteiger partial charge in [0, 0.05) is 12.6 Å². The van der Waals surface area contributed by atoms with Gasteiger partial charge in [0.15, 0.2) is 0 Å². The molecule has 0 aliphatic rings. The van der Waals surface area contributed by atoms with Crippen LogP contribution in [0.15, 0.2) is 4.99 Å². The Morgan fingerprint density at radius 3 is 2.69 bits per heavy atom. The molecular weight excluding hydrogens is 210 g/mol. The maximum Gasteiger partial charge on any atom is 0.351 e. The third kappa shape index (κ3) is 5.78. The number of carboxylic acids is 1. The van der Waals surface area contributed by atoms with Gasteiger partial charge in [0.1, 0.15) is 5.71 Å². The van der Waals surface area contributed by atoms with E-state index in [4.69, 9.17) is 17.3 Å². The summed E-state index contributed by atoms with van der Waals surface area (Å²) in [7, 11) is 0. The molecule has 0 saturated heterocycles. The predicted octanol–water partition coefficient (Wildman–Crippen LogP) is -0.654. The molecule has 4 N–H and O–H groups in total. The number of hydrogen-bond acceptors (Lipinski definition) is 4. The van der Waals surface area contributed by atoms with Gasteiger partial charge in [-0.3, -0.25) is 4.79 Å². The molecule has 0 bridgehead atoms. The lowest BCUT2D eigenvalue weighted by atomic mass is 10.2. The number of nitrogens with two attached hydrogens (primary N) is 1. The molecule has 0 heterocycles. The zero-order valence-electron chi connectivity index (χ0n) is 9.06. The zero-order valence-corrected chi connectivity index (χ0v) is 9.06. The number of rotatable bonds is 6. The summed E-state index contributed by atoms with van der Waals surface area (Å²) in [4.78, 5) is 25.0. The summed E-state index contributed by atoms with van der Waals surface area (Å²) in [6.45, 7) is 1.91. The van der Waals surface area contributed by atoms with E-state index in [1.54, 1.807) is 6.92 Å². The molecule has 0 aromatic carbocycles. The normalized spacial score (nSPS) is 12.7. The van der Waals surface area contributed by atoms with Crippen LogP contribution in [0.2, 0.25) is 0 Å². The van der Waals surface area contributed by atoms with Gasteiger partial charge in [-0.15, -0.1) is 0 Å². The van der Waals surface area contributed by atoms with Crippen LogP contribution in [0, 0.1) is 12.5 Å². The summed E-state index contributed by atoms with van der Waals surface area (Å²) in [5.74, 6) is -1.41. The summed E-state index contributed by atoms with van der Waals surface area (Å²) in [6, 6.07) is 1.35. The topological polar surface area (TPSA) is 105 Å². The summed E-state index contributed by atoms with van der Waals surface area (Å²) in [6.07, 6.45) is 5.53. The maximum absolute atomic E-state index is 11.0. The van der Waals surface area contributed by atoms with Gasteiger partial charge >= 0.3 is 5.97 Å². The van der Waals surface area contributed by atoms with Crippen LogP contribution in [0.4, 0.5) is 0 Å². The largest absolute Gasteiger partial charge is 0.477 e. The van der Waals surface area contributed by atoms with Crippen molar-refractivity contribution in [2.45, 2.75) is 25.8 Å². The lowest BCUT2D eigenvalue weighted by Gasteiger charge is -2.06. The van der Waals surface area contributed by atoms with E-state index in [9.17, 15) is 9.59 Å². The smallest absolute Gasteiger partial charge is 0.351 e. The molecule has 0 spiro atoms. The fraction of sp³-hybridized carbons (Fsp3) is 0.500. The standard InChI is InChI=1S/C10H15N3O3/c1-3-12-8(10(15)16)5-4-6-13-9(14)7(2)11/h1,7H,4-6,11H2,2H3,(H,13,14)(H,15,16). The van der Waals surface area contributed by atoms with Gasteiger partial charge in [0.2, 0.25) is 5.91 Å². The highest BCUT2D eigenvalue weighted by Crippen LogP contribution is 1.93. The molecule has 0 aromatic rings. The monoisotopic (exact) mass is 225 g/mol. The van der Waals surface area contributed by atoms with Gasteiger partial charge in [-0.05, 0) is 19.8 Å². The number of carbonyl (C=O) groups excluding carboxylic acids is 1. The molecule has 0 aromatic heterocycles. The van der Waals surface area contributed by atoms with E-state index in [-0.39, 0.29) is 18.0 Å². The molecule has 6 nitrogen and oxygen atoms in total. The Bertz CT molecular complexity index is 329. The average molecular weight is 225 g/mol. The lowest BCUT2D eigenvalue weighted by molar-refractivity contribution is -0.129. The number of aliphatic imine (C=N–C) groups is 1.